The molecule has 3 nitrogen and oxygen atoms in total. The largest absolute Gasteiger partial charge is 0.506 e. The zero-order valence-electron chi connectivity index (χ0n) is 10.4. The molecule has 0 bridgehead atoms. The van der Waals surface area contributed by atoms with E-state index in [4.69, 9.17) is 10.5 Å². The Hall–Kier alpha value is -1.38. The molecule has 0 radical (unpaired) electrons. The van der Waals surface area contributed by atoms with Crippen molar-refractivity contribution in [2.24, 2.45) is 5.92 Å². The SMILES string of the molecule is CCC1CCC(Oc2cccc(O)c2N)CC1. The van der Waals surface area contributed by atoms with Crippen LogP contribution in [0.5, 0.6) is 11.5 Å². The van der Waals surface area contributed by atoms with Crippen LogP contribution in [0, 0.1) is 5.92 Å². The Morgan fingerprint density at radius 1 is 1.29 bits per heavy atom. The van der Waals surface area contributed by atoms with Crippen LogP contribution in [0.2, 0.25) is 0 Å². The molecule has 2 rings (SSSR count). The molecule has 1 saturated carbocycles. The number of nitrogen functional groups attached to an aromatic ring is 1. The zero-order chi connectivity index (χ0) is 12.3. The number of phenolic OH excluding ortho intramolecular Hbond substituents is 1. The molecule has 1 aromatic carbocycles. The van der Waals surface area contributed by atoms with Crippen molar-refractivity contribution in [2.45, 2.75) is 45.1 Å². The van der Waals surface area contributed by atoms with Crippen molar-refractivity contribution in [1.29, 1.82) is 0 Å². The van der Waals surface area contributed by atoms with Gasteiger partial charge in [-0.2, -0.15) is 0 Å². The molecule has 0 aliphatic heterocycles. The molecule has 1 fully saturated rings. The first-order valence-electron chi connectivity index (χ1n) is 6.44. The second kappa shape index (κ2) is 5.30. The molecular formula is C14H21NO2. The molecule has 0 heterocycles. The molecule has 0 spiro atoms. The third kappa shape index (κ3) is 2.84. The highest BCUT2D eigenvalue weighted by atomic mass is 16.5. The van der Waals surface area contributed by atoms with E-state index in [2.05, 4.69) is 6.92 Å². The van der Waals surface area contributed by atoms with Crippen molar-refractivity contribution >= 4 is 5.69 Å². The van der Waals surface area contributed by atoms with Crippen molar-refractivity contribution in [3.8, 4) is 11.5 Å². The smallest absolute Gasteiger partial charge is 0.146 e. The molecule has 0 atom stereocenters. The standard InChI is InChI=1S/C14H21NO2/c1-2-10-6-8-11(9-7-10)17-13-5-3-4-12(16)14(13)15/h3-5,10-11,16H,2,6-9,15H2,1H3. The number of para-hydroxylation sites is 1. The van der Waals surface area contributed by atoms with Crippen molar-refractivity contribution in [3.05, 3.63) is 18.2 Å². The van der Waals surface area contributed by atoms with Gasteiger partial charge in [-0.25, -0.2) is 0 Å². The van der Waals surface area contributed by atoms with Crippen LogP contribution in [0.4, 0.5) is 5.69 Å². The van der Waals surface area contributed by atoms with E-state index in [1.807, 2.05) is 6.07 Å². The molecule has 1 aliphatic carbocycles. The minimum Gasteiger partial charge on any atom is -0.506 e. The Labute approximate surface area is 103 Å². The van der Waals surface area contributed by atoms with E-state index in [0.717, 1.165) is 18.8 Å². The second-order valence-corrected chi connectivity index (χ2v) is 4.86. The topological polar surface area (TPSA) is 55.5 Å². The fourth-order valence-electron chi connectivity index (χ4n) is 2.47. The summed E-state index contributed by atoms with van der Waals surface area (Å²) in [6.45, 7) is 2.25. The first-order chi connectivity index (χ1) is 8.20. The molecule has 1 aromatic rings. The second-order valence-electron chi connectivity index (χ2n) is 4.86. The number of hydrogen-bond acceptors (Lipinski definition) is 3. The van der Waals surface area contributed by atoms with E-state index >= 15 is 0 Å². The average Bonchev–Trinajstić information content (AvgIpc) is 2.36. The van der Waals surface area contributed by atoms with Gasteiger partial charge in [0.25, 0.3) is 0 Å². The minimum atomic E-state index is 0.102. The van der Waals surface area contributed by atoms with Gasteiger partial charge in [0.1, 0.15) is 17.2 Å². The molecule has 0 amide bonds. The van der Waals surface area contributed by atoms with Crippen LogP contribution in [0.3, 0.4) is 0 Å². The van der Waals surface area contributed by atoms with E-state index in [0.29, 0.717) is 11.4 Å². The third-order valence-corrected chi connectivity index (χ3v) is 3.71. The predicted octanol–water partition coefficient (Wildman–Crippen LogP) is 3.32. The fourth-order valence-corrected chi connectivity index (χ4v) is 2.47. The summed E-state index contributed by atoms with van der Waals surface area (Å²) >= 11 is 0. The van der Waals surface area contributed by atoms with Gasteiger partial charge in [0.2, 0.25) is 0 Å². The van der Waals surface area contributed by atoms with Gasteiger partial charge < -0.3 is 15.6 Å². The summed E-state index contributed by atoms with van der Waals surface area (Å²) in [7, 11) is 0. The molecule has 3 N–H and O–H groups in total. The summed E-state index contributed by atoms with van der Waals surface area (Å²) in [4.78, 5) is 0. The first kappa shape index (κ1) is 12.1. The molecule has 0 aromatic heterocycles. The lowest BCUT2D eigenvalue weighted by molar-refractivity contribution is 0.130. The quantitative estimate of drug-likeness (QED) is 0.624. The Morgan fingerprint density at radius 2 is 2.00 bits per heavy atom. The van der Waals surface area contributed by atoms with Gasteiger partial charge in [-0.05, 0) is 43.7 Å². The van der Waals surface area contributed by atoms with Crippen molar-refractivity contribution in [2.75, 3.05) is 5.73 Å². The first-order valence-corrected chi connectivity index (χ1v) is 6.44. The maximum absolute atomic E-state index is 9.50. The maximum Gasteiger partial charge on any atom is 0.146 e. The molecule has 3 heteroatoms. The van der Waals surface area contributed by atoms with Gasteiger partial charge >= 0.3 is 0 Å². The van der Waals surface area contributed by atoms with Crippen LogP contribution in [0.15, 0.2) is 18.2 Å². The number of benzene rings is 1. The summed E-state index contributed by atoms with van der Waals surface area (Å²) in [5.41, 5.74) is 6.13. The third-order valence-electron chi connectivity index (χ3n) is 3.71. The number of anilines is 1. The Morgan fingerprint density at radius 3 is 2.65 bits per heavy atom. The summed E-state index contributed by atoms with van der Waals surface area (Å²) in [6.07, 6.45) is 6.17. The number of rotatable bonds is 3. The minimum absolute atomic E-state index is 0.102. The lowest BCUT2D eigenvalue weighted by Crippen LogP contribution is -2.24. The molecule has 0 unspecified atom stereocenters. The predicted molar refractivity (Wildman–Crippen MR) is 69.2 cm³/mol. The van der Waals surface area contributed by atoms with E-state index in [9.17, 15) is 5.11 Å². The average molecular weight is 235 g/mol. The zero-order valence-corrected chi connectivity index (χ0v) is 10.4. The van der Waals surface area contributed by atoms with Crippen LogP contribution in [0.1, 0.15) is 39.0 Å². The van der Waals surface area contributed by atoms with E-state index < -0.39 is 0 Å². The molecule has 1 aliphatic rings. The van der Waals surface area contributed by atoms with Gasteiger partial charge in [0.05, 0.1) is 6.10 Å². The van der Waals surface area contributed by atoms with Crippen molar-refractivity contribution in [1.82, 2.24) is 0 Å². The van der Waals surface area contributed by atoms with Crippen molar-refractivity contribution in [3.63, 3.8) is 0 Å². The van der Waals surface area contributed by atoms with Crippen molar-refractivity contribution < 1.29 is 9.84 Å². The number of hydrogen-bond donors (Lipinski definition) is 2. The number of aromatic hydroxyl groups is 1. The normalized spacial score (nSPS) is 24.5. The highest BCUT2D eigenvalue weighted by Crippen LogP contribution is 2.34. The number of phenols is 1. The highest BCUT2D eigenvalue weighted by Gasteiger charge is 2.22. The Bertz CT molecular complexity index is 370. The fraction of sp³-hybridized carbons (Fsp3) is 0.571. The van der Waals surface area contributed by atoms with E-state index in [-0.39, 0.29) is 11.9 Å². The summed E-state index contributed by atoms with van der Waals surface area (Å²) in [5, 5.41) is 9.50. The molecule has 94 valence electrons. The number of nitrogens with two attached hydrogens (primary N) is 1. The lowest BCUT2D eigenvalue weighted by Gasteiger charge is -2.28. The summed E-state index contributed by atoms with van der Waals surface area (Å²) < 4.78 is 5.87. The molecule has 0 saturated heterocycles. The molecule has 17 heavy (non-hydrogen) atoms. The van der Waals surface area contributed by atoms with Gasteiger partial charge in [0, 0.05) is 0 Å². The molecular weight excluding hydrogens is 214 g/mol. The van der Waals surface area contributed by atoms with Gasteiger partial charge in [-0.15, -0.1) is 0 Å². The van der Waals surface area contributed by atoms with E-state index in [1.165, 1.54) is 19.3 Å². The van der Waals surface area contributed by atoms with Gasteiger partial charge in [0.15, 0.2) is 0 Å². The summed E-state index contributed by atoms with van der Waals surface area (Å²) in [6, 6.07) is 5.16. The van der Waals surface area contributed by atoms with E-state index in [1.54, 1.807) is 12.1 Å². The highest BCUT2D eigenvalue weighted by molar-refractivity contribution is 5.61. The Kier molecular flexibility index (Phi) is 3.77. The van der Waals surface area contributed by atoms with Crippen LogP contribution in [0.25, 0.3) is 0 Å². The van der Waals surface area contributed by atoms with Crippen LogP contribution in [-0.4, -0.2) is 11.2 Å². The lowest BCUT2D eigenvalue weighted by atomic mass is 9.86. The monoisotopic (exact) mass is 235 g/mol. The van der Waals surface area contributed by atoms with Crippen LogP contribution < -0.4 is 10.5 Å². The van der Waals surface area contributed by atoms with Crippen LogP contribution >= 0.6 is 0 Å². The van der Waals surface area contributed by atoms with Gasteiger partial charge in [-0.1, -0.05) is 19.4 Å². The maximum atomic E-state index is 9.50. The van der Waals surface area contributed by atoms with Gasteiger partial charge in [-0.3, -0.25) is 0 Å². The summed E-state index contributed by atoms with van der Waals surface area (Å²) in [5.74, 6) is 1.58. The Balaban J connectivity index is 1.95. The number of ether oxygens (including phenoxy) is 1. The van der Waals surface area contributed by atoms with Crippen LogP contribution in [-0.2, 0) is 0 Å².